The van der Waals surface area contributed by atoms with Crippen molar-refractivity contribution in [3.8, 4) is 11.5 Å². The van der Waals surface area contributed by atoms with Crippen molar-refractivity contribution in [1.82, 2.24) is 25.0 Å². The number of aryl methyl sites for hydroxylation is 2. The van der Waals surface area contributed by atoms with Gasteiger partial charge in [-0.15, -0.1) is 0 Å². The predicted octanol–water partition coefficient (Wildman–Crippen LogP) is 3.86. The lowest BCUT2D eigenvalue weighted by Gasteiger charge is -2.09. The van der Waals surface area contributed by atoms with Crippen LogP contribution in [0.1, 0.15) is 29.6 Å². The molecule has 4 rings (SSSR count). The Morgan fingerprint density at radius 3 is 2.63 bits per heavy atom. The van der Waals surface area contributed by atoms with E-state index in [9.17, 15) is 0 Å². The summed E-state index contributed by atoms with van der Waals surface area (Å²) in [6.45, 7) is 7.94. The molecular formula is C23H26N6O. The van der Waals surface area contributed by atoms with Crippen molar-refractivity contribution in [3.63, 3.8) is 0 Å². The number of nitrogens with one attached hydrogen (secondary N) is 2. The Bertz CT molecular complexity index is 1160. The van der Waals surface area contributed by atoms with E-state index >= 15 is 0 Å². The molecule has 7 nitrogen and oxygen atoms in total. The standard InChI is InChI=1S/C23H26N6O/c1-4-24-23(25-12-19-14-29-17(3)6-5-7-21(29)27-19)26-13-20-15-30-22(28-20)18-10-8-16(2)9-11-18/h5-11,14-15H,4,12-13H2,1-3H3,(H2,24,25,26). The fraction of sp³-hybridized carbons (Fsp3) is 0.261. The largest absolute Gasteiger partial charge is 0.444 e. The normalized spacial score (nSPS) is 11.8. The van der Waals surface area contributed by atoms with Gasteiger partial charge in [-0.25, -0.2) is 15.0 Å². The van der Waals surface area contributed by atoms with Crippen molar-refractivity contribution in [2.75, 3.05) is 6.54 Å². The van der Waals surface area contributed by atoms with Crippen molar-refractivity contribution in [1.29, 1.82) is 0 Å². The van der Waals surface area contributed by atoms with Crippen molar-refractivity contribution in [2.45, 2.75) is 33.9 Å². The van der Waals surface area contributed by atoms with Gasteiger partial charge in [-0.05, 0) is 45.0 Å². The molecule has 0 saturated carbocycles. The van der Waals surface area contributed by atoms with E-state index in [1.54, 1.807) is 6.26 Å². The Morgan fingerprint density at radius 1 is 1.03 bits per heavy atom. The summed E-state index contributed by atoms with van der Waals surface area (Å²) in [5, 5.41) is 6.60. The first-order valence-corrected chi connectivity index (χ1v) is 10.1. The van der Waals surface area contributed by atoms with Gasteiger partial charge in [0, 0.05) is 24.0 Å². The third-order valence-corrected chi connectivity index (χ3v) is 4.78. The second kappa shape index (κ2) is 8.82. The first kappa shape index (κ1) is 19.7. The number of fused-ring (bicyclic) bond motifs is 1. The number of imidazole rings is 1. The van der Waals surface area contributed by atoms with Gasteiger partial charge in [0.05, 0.1) is 18.8 Å². The molecule has 0 unspecified atom stereocenters. The minimum absolute atomic E-state index is 0.426. The van der Waals surface area contributed by atoms with Crippen LogP contribution in [0.2, 0.25) is 0 Å². The van der Waals surface area contributed by atoms with Gasteiger partial charge in [-0.2, -0.15) is 0 Å². The molecule has 0 aliphatic rings. The Balaban J connectivity index is 1.42. The maximum Gasteiger partial charge on any atom is 0.226 e. The van der Waals surface area contributed by atoms with Crippen LogP contribution in [0, 0.1) is 13.8 Å². The lowest BCUT2D eigenvalue weighted by Crippen LogP contribution is -2.36. The van der Waals surface area contributed by atoms with Crippen molar-refractivity contribution in [2.24, 2.45) is 4.99 Å². The van der Waals surface area contributed by atoms with Gasteiger partial charge in [0.15, 0.2) is 5.96 Å². The van der Waals surface area contributed by atoms with Crippen LogP contribution in [0.3, 0.4) is 0 Å². The molecule has 0 fully saturated rings. The molecule has 0 bridgehead atoms. The van der Waals surface area contributed by atoms with E-state index in [2.05, 4.69) is 49.9 Å². The maximum atomic E-state index is 5.62. The number of nitrogens with zero attached hydrogens (tertiary/aromatic N) is 4. The number of guanidine groups is 1. The van der Waals surface area contributed by atoms with E-state index in [1.807, 2.05) is 49.5 Å². The molecule has 154 valence electrons. The fourth-order valence-electron chi connectivity index (χ4n) is 3.17. The fourth-order valence-corrected chi connectivity index (χ4v) is 3.17. The molecule has 30 heavy (non-hydrogen) atoms. The molecule has 0 amide bonds. The summed E-state index contributed by atoms with van der Waals surface area (Å²) in [4.78, 5) is 13.8. The summed E-state index contributed by atoms with van der Waals surface area (Å²) in [5.41, 5.74) is 6.01. The van der Waals surface area contributed by atoms with Crippen LogP contribution < -0.4 is 10.6 Å². The minimum atomic E-state index is 0.426. The maximum absolute atomic E-state index is 5.62. The Morgan fingerprint density at radius 2 is 1.87 bits per heavy atom. The van der Waals surface area contributed by atoms with Gasteiger partial charge in [-0.3, -0.25) is 0 Å². The van der Waals surface area contributed by atoms with Gasteiger partial charge in [-0.1, -0.05) is 23.8 Å². The van der Waals surface area contributed by atoms with E-state index in [4.69, 9.17) is 4.42 Å². The highest BCUT2D eigenvalue weighted by atomic mass is 16.3. The van der Waals surface area contributed by atoms with Crippen LogP contribution in [0.15, 0.2) is 64.3 Å². The zero-order valence-corrected chi connectivity index (χ0v) is 17.5. The zero-order valence-electron chi connectivity index (χ0n) is 17.5. The molecule has 0 saturated heterocycles. The second-order valence-electron chi connectivity index (χ2n) is 7.19. The molecule has 7 heteroatoms. The van der Waals surface area contributed by atoms with Gasteiger partial charge in [0.2, 0.25) is 5.89 Å². The highest BCUT2D eigenvalue weighted by molar-refractivity contribution is 5.79. The molecule has 0 aliphatic carbocycles. The number of rotatable bonds is 6. The lowest BCUT2D eigenvalue weighted by molar-refractivity contribution is 0.572. The van der Waals surface area contributed by atoms with Crippen molar-refractivity contribution < 1.29 is 4.42 Å². The zero-order chi connectivity index (χ0) is 20.9. The summed E-state index contributed by atoms with van der Waals surface area (Å²) in [6, 6.07) is 14.2. The number of hydrogen-bond donors (Lipinski definition) is 2. The van der Waals surface area contributed by atoms with E-state index < -0.39 is 0 Å². The Labute approximate surface area is 175 Å². The predicted molar refractivity (Wildman–Crippen MR) is 118 cm³/mol. The van der Waals surface area contributed by atoms with E-state index in [0.717, 1.165) is 34.8 Å². The van der Waals surface area contributed by atoms with Gasteiger partial charge in [0.1, 0.15) is 17.6 Å². The van der Waals surface area contributed by atoms with Crippen LogP contribution in [0.25, 0.3) is 17.1 Å². The summed E-state index contributed by atoms with van der Waals surface area (Å²) >= 11 is 0. The van der Waals surface area contributed by atoms with Gasteiger partial charge in [0.25, 0.3) is 0 Å². The summed E-state index contributed by atoms with van der Waals surface area (Å²) in [6.07, 6.45) is 3.71. The van der Waals surface area contributed by atoms with Crippen LogP contribution in [-0.2, 0) is 13.1 Å². The van der Waals surface area contributed by atoms with E-state index in [1.165, 1.54) is 5.56 Å². The average molecular weight is 403 g/mol. The number of benzene rings is 1. The minimum Gasteiger partial charge on any atom is -0.444 e. The molecule has 0 atom stereocenters. The van der Waals surface area contributed by atoms with Crippen LogP contribution in [-0.4, -0.2) is 26.9 Å². The van der Waals surface area contributed by atoms with Crippen LogP contribution in [0.5, 0.6) is 0 Å². The number of aromatic nitrogens is 3. The molecule has 1 aromatic carbocycles. The molecule has 3 aromatic heterocycles. The number of pyridine rings is 1. The van der Waals surface area contributed by atoms with E-state index in [0.29, 0.717) is 24.9 Å². The summed E-state index contributed by atoms with van der Waals surface area (Å²) in [7, 11) is 0. The Hall–Kier alpha value is -3.61. The average Bonchev–Trinajstić information content (AvgIpc) is 3.38. The van der Waals surface area contributed by atoms with Gasteiger partial charge >= 0.3 is 0 Å². The monoisotopic (exact) mass is 402 g/mol. The molecule has 0 spiro atoms. The second-order valence-corrected chi connectivity index (χ2v) is 7.19. The number of hydrogen-bond acceptors (Lipinski definition) is 4. The van der Waals surface area contributed by atoms with Gasteiger partial charge < -0.3 is 19.5 Å². The van der Waals surface area contributed by atoms with Crippen LogP contribution >= 0.6 is 0 Å². The molecule has 0 aliphatic heterocycles. The van der Waals surface area contributed by atoms with Crippen LogP contribution in [0.4, 0.5) is 0 Å². The highest BCUT2D eigenvalue weighted by Gasteiger charge is 2.08. The first-order valence-electron chi connectivity index (χ1n) is 10.1. The lowest BCUT2D eigenvalue weighted by atomic mass is 10.1. The van der Waals surface area contributed by atoms with Crippen molar-refractivity contribution >= 4 is 11.6 Å². The topological polar surface area (TPSA) is 79.8 Å². The quantitative estimate of drug-likeness (QED) is 0.378. The van der Waals surface area contributed by atoms with Crippen molar-refractivity contribution in [3.05, 3.63) is 77.6 Å². The molecular weight excluding hydrogens is 376 g/mol. The highest BCUT2D eigenvalue weighted by Crippen LogP contribution is 2.19. The third kappa shape index (κ3) is 4.51. The van der Waals surface area contributed by atoms with E-state index in [-0.39, 0.29) is 0 Å². The number of aliphatic imine (C=N–C) groups is 1. The third-order valence-electron chi connectivity index (χ3n) is 4.78. The molecule has 0 radical (unpaired) electrons. The first-order chi connectivity index (χ1) is 14.6. The molecule has 3 heterocycles. The molecule has 2 N–H and O–H groups in total. The SMILES string of the molecule is CCNC(=NCc1coc(-c2ccc(C)cc2)n1)NCc1cn2c(C)cccc2n1. The number of oxazole rings is 1. The summed E-state index contributed by atoms with van der Waals surface area (Å²) < 4.78 is 7.71. The molecule has 4 aromatic rings. The summed E-state index contributed by atoms with van der Waals surface area (Å²) in [5.74, 6) is 1.32. The Kier molecular flexibility index (Phi) is 5.79. The smallest absolute Gasteiger partial charge is 0.226 e.